The van der Waals surface area contributed by atoms with Gasteiger partial charge in [-0.15, -0.1) is 0 Å². The van der Waals surface area contributed by atoms with E-state index in [9.17, 15) is 9.59 Å². The van der Waals surface area contributed by atoms with Crippen molar-refractivity contribution in [1.29, 1.82) is 0 Å². The molecule has 1 amide bonds. The standard InChI is InChI=1S/C19H21NO5/c1-24-13-14-10-15(19(22)23)12-16(11-14)20-18(21)8-5-9-25-17-6-3-2-4-7-17/h2-4,6-7,10-12H,5,8-9,13H2,1H3,(H,20,21)(H,22,23). The van der Waals surface area contributed by atoms with Crippen LogP contribution in [0.15, 0.2) is 48.5 Å². The summed E-state index contributed by atoms with van der Waals surface area (Å²) < 4.78 is 10.6. The van der Waals surface area contributed by atoms with Crippen molar-refractivity contribution >= 4 is 17.6 Å². The molecule has 0 bridgehead atoms. The highest BCUT2D eigenvalue weighted by molar-refractivity contribution is 5.94. The van der Waals surface area contributed by atoms with E-state index in [0.717, 1.165) is 5.75 Å². The molecule has 0 radical (unpaired) electrons. The predicted molar refractivity (Wildman–Crippen MR) is 93.9 cm³/mol. The van der Waals surface area contributed by atoms with E-state index in [0.29, 0.717) is 24.3 Å². The summed E-state index contributed by atoms with van der Waals surface area (Å²) in [5.74, 6) is -0.478. The lowest BCUT2D eigenvalue weighted by atomic mass is 10.1. The SMILES string of the molecule is COCc1cc(NC(=O)CCCOc2ccccc2)cc(C(=O)O)c1. The van der Waals surface area contributed by atoms with Crippen molar-refractivity contribution in [2.45, 2.75) is 19.4 Å². The maximum Gasteiger partial charge on any atom is 0.335 e. The fraction of sp³-hybridized carbons (Fsp3) is 0.263. The lowest BCUT2D eigenvalue weighted by Gasteiger charge is -2.10. The van der Waals surface area contributed by atoms with Crippen LogP contribution in [-0.4, -0.2) is 30.7 Å². The molecule has 0 atom stereocenters. The summed E-state index contributed by atoms with van der Waals surface area (Å²) in [7, 11) is 1.53. The molecule has 0 aliphatic rings. The second-order valence-corrected chi connectivity index (χ2v) is 5.47. The van der Waals surface area contributed by atoms with Crippen LogP contribution in [0.3, 0.4) is 0 Å². The first-order chi connectivity index (χ1) is 12.1. The molecule has 6 heteroatoms. The van der Waals surface area contributed by atoms with Crippen LogP contribution in [0.5, 0.6) is 5.75 Å². The normalized spacial score (nSPS) is 10.3. The van der Waals surface area contributed by atoms with Crippen LogP contribution in [0.25, 0.3) is 0 Å². The number of carboxylic acid groups (broad SMARTS) is 1. The zero-order valence-electron chi connectivity index (χ0n) is 14.0. The Morgan fingerprint density at radius 3 is 2.56 bits per heavy atom. The molecule has 0 aliphatic heterocycles. The first-order valence-electron chi connectivity index (χ1n) is 7.92. The van der Waals surface area contributed by atoms with Crippen molar-refractivity contribution in [2.24, 2.45) is 0 Å². The third-order valence-corrected chi connectivity index (χ3v) is 3.39. The average Bonchev–Trinajstić information content (AvgIpc) is 2.60. The van der Waals surface area contributed by atoms with E-state index in [-0.39, 0.29) is 24.5 Å². The zero-order chi connectivity index (χ0) is 18.1. The van der Waals surface area contributed by atoms with Crippen molar-refractivity contribution in [1.82, 2.24) is 0 Å². The van der Waals surface area contributed by atoms with Crippen LogP contribution in [0.4, 0.5) is 5.69 Å². The molecule has 25 heavy (non-hydrogen) atoms. The second-order valence-electron chi connectivity index (χ2n) is 5.47. The van der Waals surface area contributed by atoms with Gasteiger partial charge >= 0.3 is 5.97 Å². The molecule has 2 N–H and O–H groups in total. The number of anilines is 1. The Morgan fingerprint density at radius 2 is 1.88 bits per heavy atom. The molecule has 0 spiro atoms. The Morgan fingerprint density at radius 1 is 1.12 bits per heavy atom. The summed E-state index contributed by atoms with van der Waals surface area (Å²) in [5.41, 5.74) is 1.24. The smallest absolute Gasteiger partial charge is 0.335 e. The number of hydrogen-bond acceptors (Lipinski definition) is 4. The van der Waals surface area contributed by atoms with Gasteiger partial charge in [0.1, 0.15) is 5.75 Å². The molecule has 0 fully saturated rings. The number of aromatic carboxylic acids is 1. The lowest BCUT2D eigenvalue weighted by molar-refractivity contribution is -0.116. The number of amides is 1. The van der Waals surface area contributed by atoms with Gasteiger partial charge in [-0.05, 0) is 42.3 Å². The van der Waals surface area contributed by atoms with Gasteiger partial charge in [0.2, 0.25) is 5.91 Å². The fourth-order valence-electron chi connectivity index (χ4n) is 2.30. The summed E-state index contributed by atoms with van der Waals surface area (Å²) in [6.45, 7) is 0.705. The van der Waals surface area contributed by atoms with Crippen LogP contribution in [0.2, 0.25) is 0 Å². The van der Waals surface area contributed by atoms with E-state index < -0.39 is 5.97 Å². The molecule has 0 saturated heterocycles. The van der Waals surface area contributed by atoms with Gasteiger partial charge in [0.25, 0.3) is 0 Å². The van der Waals surface area contributed by atoms with Gasteiger partial charge in [0, 0.05) is 19.2 Å². The number of nitrogens with one attached hydrogen (secondary N) is 1. The highest BCUT2D eigenvalue weighted by atomic mass is 16.5. The van der Waals surface area contributed by atoms with Gasteiger partial charge in [0.15, 0.2) is 0 Å². The van der Waals surface area contributed by atoms with Gasteiger partial charge in [0.05, 0.1) is 18.8 Å². The zero-order valence-corrected chi connectivity index (χ0v) is 14.0. The van der Waals surface area contributed by atoms with Crippen LogP contribution < -0.4 is 10.1 Å². The van der Waals surface area contributed by atoms with E-state index in [1.807, 2.05) is 30.3 Å². The molecule has 2 aromatic rings. The van der Waals surface area contributed by atoms with Crippen LogP contribution in [-0.2, 0) is 16.1 Å². The molecule has 2 rings (SSSR count). The van der Waals surface area contributed by atoms with Gasteiger partial charge in [-0.25, -0.2) is 4.79 Å². The molecule has 6 nitrogen and oxygen atoms in total. The van der Waals surface area contributed by atoms with E-state index >= 15 is 0 Å². The molecule has 2 aromatic carbocycles. The Kier molecular flexibility index (Phi) is 6.98. The van der Waals surface area contributed by atoms with Crippen LogP contribution in [0, 0.1) is 0 Å². The topological polar surface area (TPSA) is 84.9 Å². The third kappa shape index (κ3) is 6.27. The maximum atomic E-state index is 12.0. The predicted octanol–water partition coefficient (Wildman–Crippen LogP) is 3.33. The summed E-state index contributed by atoms with van der Waals surface area (Å²) >= 11 is 0. The van der Waals surface area contributed by atoms with Crippen molar-refractivity contribution in [3.8, 4) is 5.75 Å². The number of benzene rings is 2. The monoisotopic (exact) mass is 343 g/mol. The van der Waals surface area contributed by atoms with Gasteiger partial charge in [-0.1, -0.05) is 18.2 Å². The molecular formula is C19H21NO5. The quantitative estimate of drug-likeness (QED) is 0.682. The summed E-state index contributed by atoms with van der Waals surface area (Å²) in [5, 5.41) is 11.9. The van der Waals surface area contributed by atoms with Crippen LogP contribution in [0.1, 0.15) is 28.8 Å². The van der Waals surface area contributed by atoms with Gasteiger partial charge in [-0.2, -0.15) is 0 Å². The fourth-order valence-corrected chi connectivity index (χ4v) is 2.30. The minimum atomic E-state index is -1.05. The molecule has 0 saturated carbocycles. The van der Waals surface area contributed by atoms with E-state index in [4.69, 9.17) is 14.6 Å². The second kappa shape index (κ2) is 9.44. The van der Waals surface area contributed by atoms with Gasteiger partial charge in [-0.3, -0.25) is 4.79 Å². The molecule has 0 aliphatic carbocycles. The van der Waals surface area contributed by atoms with E-state index in [2.05, 4.69) is 5.32 Å². The number of ether oxygens (including phenoxy) is 2. The molecule has 0 unspecified atom stereocenters. The number of methoxy groups -OCH3 is 1. The maximum absolute atomic E-state index is 12.0. The first-order valence-corrected chi connectivity index (χ1v) is 7.92. The number of para-hydroxylation sites is 1. The minimum absolute atomic E-state index is 0.109. The summed E-state index contributed by atoms with van der Waals surface area (Å²) in [6.07, 6.45) is 0.841. The Bertz CT molecular complexity index is 715. The van der Waals surface area contributed by atoms with Crippen molar-refractivity contribution in [3.05, 3.63) is 59.7 Å². The third-order valence-electron chi connectivity index (χ3n) is 3.39. The van der Waals surface area contributed by atoms with Gasteiger partial charge < -0.3 is 19.9 Å². The average molecular weight is 343 g/mol. The Hall–Kier alpha value is -2.86. The van der Waals surface area contributed by atoms with Crippen molar-refractivity contribution in [2.75, 3.05) is 19.0 Å². The summed E-state index contributed by atoms with van der Waals surface area (Å²) in [4.78, 5) is 23.2. The first kappa shape index (κ1) is 18.5. The molecule has 0 aromatic heterocycles. The molecular weight excluding hydrogens is 322 g/mol. The largest absolute Gasteiger partial charge is 0.494 e. The van der Waals surface area contributed by atoms with Crippen LogP contribution >= 0.6 is 0 Å². The number of hydrogen-bond donors (Lipinski definition) is 2. The molecule has 132 valence electrons. The number of carbonyl (C=O) groups is 2. The van der Waals surface area contributed by atoms with E-state index in [1.165, 1.54) is 19.2 Å². The van der Waals surface area contributed by atoms with E-state index in [1.54, 1.807) is 6.07 Å². The number of rotatable bonds is 9. The summed E-state index contributed by atoms with van der Waals surface area (Å²) in [6, 6.07) is 14.0. The highest BCUT2D eigenvalue weighted by Crippen LogP contribution is 2.17. The minimum Gasteiger partial charge on any atom is -0.494 e. The Balaban J connectivity index is 1.85. The lowest BCUT2D eigenvalue weighted by Crippen LogP contribution is -2.14. The Labute approximate surface area is 146 Å². The van der Waals surface area contributed by atoms with Crippen molar-refractivity contribution in [3.63, 3.8) is 0 Å². The van der Waals surface area contributed by atoms with Crippen molar-refractivity contribution < 1.29 is 24.2 Å². The molecule has 0 heterocycles. The number of carboxylic acids is 1. The number of carbonyl (C=O) groups excluding carboxylic acids is 1. The highest BCUT2D eigenvalue weighted by Gasteiger charge is 2.09.